The van der Waals surface area contributed by atoms with Gasteiger partial charge in [0.2, 0.25) is 5.91 Å². The van der Waals surface area contributed by atoms with Gasteiger partial charge in [-0.3, -0.25) is 4.79 Å². The summed E-state index contributed by atoms with van der Waals surface area (Å²) in [7, 11) is 0. The number of amides is 1. The van der Waals surface area contributed by atoms with E-state index in [1.165, 1.54) is 12.0 Å². The van der Waals surface area contributed by atoms with Gasteiger partial charge in [-0.1, -0.05) is 36.2 Å². The maximum atomic E-state index is 11.9. The summed E-state index contributed by atoms with van der Waals surface area (Å²) in [5.41, 5.74) is 8.24. The van der Waals surface area contributed by atoms with Crippen molar-refractivity contribution in [1.82, 2.24) is 5.32 Å². The van der Waals surface area contributed by atoms with Crippen molar-refractivity contribution in [3.8, 4) is 0 Å². The van der Waals surface area contributed by atoms with E-state index in [2.05, 4.69) is 36.5 Å². The number of aryl methyl sites for hydroxylation is 1. The second kappa shape index (κ2) is 5.53. The van der Waals surface area contributed by atoms with Crippen molar-refractivity contribution in [3.63, 3.8) is 0 Å². The molecule has 3 nitrogen and oxygen atoms in total. The molecular weight excluding hydrogens is 224 g/mol. The molecule has 0 unspecified atom stereocenters. The first kappa shape index (κ1) is 13.1. The molecule has 18 heavy (non-hydrogen) atoms. The Hall–Kier alpha value is -1.35. The molecule has 0 radical (unpaired) electrons. The van der Waals surface area contributed by atoms with Crippen LogP contribution in [-0.4, -0.2) is 12.5 Å². The standard InChI is InChI=1S/C15H22N2O/c1-12-3-5-13(6-4-12)10-17-14(18)9-15(11-16)7-2-8-15/h3-6H,2,7-11,16H2,1H3,(H,17,18). The molecule has 1 aromatic carbocycles. The first-order valence-corrected chi connectivity index (χ1v) is 6.66. The molecule has 98 valence electrons. The van der Waals surface area contributed by atoms with Gasteiger partial charge in [0.1, 0.15) is 0 Å². The first-order valence-electron chi connectivity index (χ1n) is 6.66. The molecule has 0 atom stereocenters. The second-order valence-electron chi connectivity index (χ2n) is 5.50. The molecule has 2 rings (SSSR count). The molecule has 1 amide bonds. The van der Waals surface area contributed by atoms with E-state index in [9.17, 15) is 4.79 Å². The molecule has 1 aliphatic carbocycles. The van der Waals surface area contributed by atoms with Gasteiger partial charge in [-0.25, -0.2) is 0 Å². The summed E-state index contributed by atoms with van der Waals surface area (Å²) in [6.45, 7) is 3.30. The zero-order chi connectivity index (χ0) is 13.0. The molecule has 0 spiro atoms. The SMILES string of the molecule is Cc1ccc(CNC(=O)CC2(CN)CCC2)cc1. The smallest absolute Gasteiger partial charge is 0.220 e. The summed E-state index contributed by atoms with van der Waals surface area (Å²) >= 11 is 0. The number of benzene rings is 1. The van der Waals surface area contributed by atoms with Crippen LogP contribution in [0.2, 0.25) is 0 Å². The van der Waals surface area contributed by atoms with Crippen LogP contribution in [0, 0.1) is 12.3 Å². The van der Waals surface area contributed by atoms with Crippen molar-refractivity contribution in [2.24, 2.45) is 11.1 Å². The van der Waals surface area contributed by atoms with Crippen LogP contribution in [0.5, 0.6) is 0 Å². The Balaban J connectivity index is 1.79. The molecule has 0 bridgehead atoms. The molecule has 0 aromatic heterocycles. The van der Waals surface area contributed by atoms with E-state index in [1.807, 2.05) is 0 Å². The van der Waals surface area contributed by atoms with Crippen LogP contribution in [0.4, 0.5) is 0 Å². The van der Waals surface area contributed by atoms with E-state index in [0.717, 1.165) is 18.4 Å². The summed E-state index contributed by atoms with van der Waals surface area (Å²) < 4.78 is 0. The number of hydrogen-bond acceptors (Lipinski definition) is 2. The van der Waals surface area contributed by atoms with Crippen LogP contribution in [0.3, 0.4) is 0 Å². The highest BCUT2D eigenvalue weighted by Crippen LogP contribution is 2.42. The van der Waals surface area contributed by atoms with Gasteiger partial charge >= 0.3 is 0 Å². The highest BCUT2D eigenvalue weighted by Gasteiger charge is 2.37. The highest BCUT2D eigenvalue weighted by atomic mass is 16.1. The normalized spacial score (nSPS) is 17.0. The summed E-state index contributed by atoms with van der Waals surface area (Å²) in [5, 5.41) is 2.98. The lowest BCUT2D eigenvalue weighted by atomic mass is 9.66. The number of nitrogens with one attached hydrogen (secondary N) is 1. The van der Waals surface area contributed by atoms with Crippen molar-refractivity contribution < 1.29 is 4.79 Å². The topological polar surface area (TPSA) is 55.1 Å². The Kier molecular flexibility index (Phi) is 4.02. The molecule has 3 N–H and O–H groups in total. The van der Waals surface area contributed by atoms with Gasteiger partial charge in [0, 0.05) is 13.0 Å². The number of carbonyl (C=O) groups excluding carboxylic acids is 1. The Morgan fingerprint density at radius 1 is 1.33 bits per heavy atom. The van der Waals surface area contributed by atoms with Crippen LogP contribution in [0.25, 0.3) is 0 Å². The van der Waals surface area contributed by atoms with Crippen molar-refractivity contribution in [1.29, 1.82) is 0 Å². The van der Waals surface area contributed by atoms with Crippen LogP contribution < -0.4 is 11.1 Å². The summed E-state index contributed by atoms with van der Waals surface area (Å²) in [4.78, 5) is 11.9. The molecule has 0 aliphatic heterocycles. The monoisotopic (exact) mass is 246 g/mol. The first-order chi connectivity index (χ1) is 8.63. The third-order valence-electron chi connectivity index (χ3n) is 3.99. The van der Waals surface area contributed by atoms with Crippen LogP contribution in [0.15, 0.2) is 24.3 Å². The van der Waals surface area contributed by atoms with E-state index in [1.54, 1.807) is 0 Å². The van der Waals surface area contributed by atoms with Crippen molar-refractivity contribution in [2.45, 2.75) is 39.2 Å². The third kappa shape index (κ3) is 3.10. The van der Waals surface area contributed by atoms with Gasteiger partial charge in [-0.05, 0) is 37.3 Å². The molecular formula is C15H22N2O. The van der Waals surface area contributed by atoms with Crippen LogP contribution in [0.1, 0.15) is 36.8 Å². The van der Waals surface area contributed by atoms with Crippen LogP contribution in [-0.2, 0) is 11.3 Å². The quantitative estimate of drug-likeness (QED) is 0.836. The maximum Gasteiger partial charge on any atom is 0.220 e. The maximum absolute atomic E-state index is 11.9. The summed E-state index contributed by atoms with van der Waals surface area (Å²) in [5.74, 6) is 0.126. The van der Waals surface area contributed by atoms with E-state index >= 15 is 0 Å². The van der Waals surface area contributed by atoms with E-state index in [-0.39, 0.29) is 11.3 Å². The molecule has 1 fully saturated rings. The number of hydrogen-bond donors (Lipinski definition) is 2. The fourth-order valence-corrected chi connectivity index (χ4v) is 2.44. The Morgan fingerprint density at radius 2 is 2.00 bits per heavy atom. The Morgan fingerprint density at radius 3 is 2.50 bits per heavy atom. The molecule has 0 saturated heterocycles. The zero-order valence-corrected chi connectivity index (χ0v) is 11.0. The Labute approximate surface area is 109 Å². The second-order valence-corrected chi connectivity index (χ2v) is 5.50. The van der Waals surface area contributed by atoms with E-state index in [4.69, 9.17) is 5.73 Å². The minimum absolute atomic E-state index is 0.0946. The zero-order valence-electron chi connectivity index (χ0n) is 11.0. The number of carbonyl (C=O) groups is 1. The molecule has 1 saturated carbocycles. The van der Waals surface area contributed by atoms with Crippen LogP contribution >= 0.6 is 0 Å². The van der Waals surface area contributed by atoms with Crippen molar-refractivity contribution >= 4 is 5.91 Å². The summed E-state index contributed by atoms with van der Waals surface area (Å²) in [6.07, 6.45) is 3.99. The van der Waals surface area contributed by atoms with E-state index in [0.29, 0.717) is 19.5 Å². The van der Waals surface area contributed by atoms with Crippen molar-refractivity contribution in [3.05, 3.63) is 35.4 Å². The fourth-order valence-electron chi connectivity index (χ4n) is 2.44. The average molecular weight is 246 g/mol. The van der Waals surface area contributed by atoms with Gasteiger partial charge in [-0.2, -0.15) is 0 Å². The minimum atomic E-state index is 0.0946. The minimum Gasteiger partial charge on any atom is -0.352 e. The molecule has 1 aliphatic rings. The van der Waals surface area contributed by atoms with Gasteiger partial charge < -0.3 is 11.1 Å². The lowest BCUT2D eigenvalue weighted by Crippen LogP contribution is -2.41. The number of rotatable bonds is 5. The Bertz CT molecular complexity index is 401. The average Bonchev–Trinajstić information content (AvgIpc) is 2.33. The lowest BCUT2D eigenvalue weighted by molar-refractivity contribution is -0.124. The predicted molar refractivity (Wildman–Crippen MR) is 73.0 cm³/mol. The number of nitrogens with two attached hydrogens (primary N) is 1. The molecule has 0 heterocycles. The van der Waals surface area contributed by atoms with Gasteiger partial charge in [-0.15, -0.1) is 0 Å². The largest absolute Gasteiger partial charge is 0.352 e. The lowest BCUT2D eigenvalue weighted by Gasteiger charge is -2.40. The highest BCUT2D eigenvalue weighted by molar-refractivity contribution is 5.76. The molecule has 1 aromatic rings. The fraction of sp³-hybridized carbons (Fsp3) is 0.533. The van der Waals surface area contributed by atoms with Gasteiger partial charge in [0.15, 0.2) is 0 Å². The van der Waals surface area contributed by atoms with Crippen molar-refractivity contribution in [2.75, 3.05) is 6.54 Å². The molecule has 3 heteroatoms. The summed E-state index contributed by atoms with van der Waals surface area (Å²) in [6, 6.07) is 8.24. The van der Waals surface area contributed by atoms with Gasteiger partial charge in [0.05, 0.1) is 0 Å². The predicted octanol–water partition coefficient (Wildman–Crippen LogP) is 2.13. The van der Waals surface area contributed by atoms with E-state index < -0.39 is 0 Å². The van der Waals surface area contributed by atoms with Gasteiger partial charge in [0.25, 0.3) is 0 Å². The third-order valence-corrected chi connectivity index (χ3v) is 3.99.